The van der Waals surface area contributed by atoms with E-state index in [9.17, 15) is 13.2 Å². The predicted octanol–water partition coefficient (Wildman–Crippen LogP) is 4.66. The number of methoxy groups -OCH3 is 1. The van der Waals surface area contributed by atoms with Crippen molar-refractivity contribution in [1.29, 1.82) is 0 Å². The monoisotopic (exact) mass is 566 g/mol. The van der Waals surface area contributed by atoms with Crippen molar-refractivity contribution in [2.45, 2.75) is 31.6 Å². The summed E-state index contributed by atoms with van der Waals surface area (Å²) in [5.74, 6) is 0.985. The number of hydrogen-bond acceptors (Lipinski definition) is 7. The van der Waals surface area contributed by atoms with E-state index in [0.717, 1.165) is 28.6 Å². The number of aryl methyl sites for hydroxylation is 1. The van der Waals surface area contributed by atoms with Gasteiger partial charge in [0, 0.05) is 31.7 Å². The molecule has 1 aliphatic rings. The number of carbonyl (C=O) groups is 1. The number of ether oxygens (including phenoxy) is 1. The second-order valence-corrected chi connectivity index (χ2v) is 12.5. The van der Waals surface area contributed by atoms with Crippen molar-refractivity contribution in [3.63, 3.8) is 0 Å². The molecular formula is C26H35ClN4O4S2. The van der Waals surface area contributed by atoms with Gasteiger partial charge in [0.25, 0.3) is 5.91 Å². The number of aromatic nitrogens is 1. The van der Waals surface area contributed by atoms with Crippen LogP contribution in [0.2, 0.25) is 0 Å². The van der Waals surface area contributed by atoms with E-state index in [1.54, 1.807) is 28.4 Å². The third kappa shape index (κ3) is 6.26. The van der Waals surface area contributed by atoms with E-state index in [0.29, 0.717) is 48.5 Å². The Bertz CT molecular complexity index is 1330. The molecule has 0 spiro atoms. The number of nitrogens with zero attached hydrogens (tertiary/aromatic N) is 4. The zero-order valence-corrected chi connectivity index (χ0v) is 24.4. The van der Waals surface area contributed by atoms with Gasteiger partial charge < -0.3 is 9.64 Å². The van der Waals surface area contributed by atoms with Crippen LogP contribution < -0.4 is 9.64 Å². The van der Waals surface area contributed by atoms with Crippen molar-refractivity contribution in [1.82, 2.24) is 14.2 Å². The fraction of sp³-hybridized carbons (Fsp3) is 0.462. The summed E-state index contributed by atoms with van der Waals surface area (Å²) in [4.78, 5) is 22.3. The molecule has 0 bridgehead atoms. The normalized spacial score (nSPS) is 15.1. The Hall–Kier alpha value is -2.24. The number of piperidine rings is 1. The summed E-state index contributed by atoms with van der Waals surface area (Å²) >= 11 is 1.46. The molecule has 0 saturated carbocycles. The first kappa shape index (κ1) is 29.3. The Morgan fingerprint density at radius 3 is 2.35 bits per heavy atom. The van der Waals surface area contributed by atoms with Crippen molar-refractivity contribution < 1.29 is 17.9 Å². The van der Waals surface area contributed by atoms with E-state index in [-0.39, 0.29) is 23.2 Å². The van der Waals surface area contributed by atoms with Gasteiger partial charge in [-0.05, 0) is 75.7 Å². The summed E-state index contributed by atoms with van der Waals surface area (Å²) in [6, 6.07) is 10.1. The first-order chi connectivity index (χ1) is 17.1. The standard InChI is InChI=1S/C26H34N4O4S2.ClH/c1-18-12-14-29(15-13-18)36(32,33)21-9-7-20(8-10-21)25(31)30(17-16-28(3)4)26-27-23-22(34-5)11-6-19(2)24(23)35-26;/h6-11,18H,12-17H2,1-5H3;1H. The van der Waals surface area contributed by atoms with Gasteiger partial charge in [-0.2, -0.15) is 4.31 Å². The Labute approximate surface area is 229 Å². The molecular weight excluding hydrogens is 532 g/mol. The van der Waals surface area contributed by atoms with Crippen molar-refractivity contribution in [3.05, 3.63) is 47.5 Å². The maximum atomic E-state index is 13.7. The van der Waals surface area contributed by atoms with Crippen molar-refractivity contribution in [2.24, 2.45) is 5.92 Å². The molecule has 1 saturated heterocycles. The number of halogens is 1. The van der Waals surface area contributed by atoms with E-state index in [4.69, 9.17) is 9.72 Å². The van der Waals surface area contributed by atoms with Gasteiger partial charge in [-0.15, -0.1) is 12.4 Å². The molecule has 0 unspecified atom stereocenters. The Kier molecular flexibility index (Phi) is 9.57. The van der Waals surface area contributed by atoms with E-state index < -0.39 is 10.0 Å². The second kappa shape index (κ2) is 12.1. The van der Waals surface area contributed by atoms with E-state index in [1.165, 1.54) is 23.5 Å². The van der Waals surface area contributed by atoms with E-state index in [1.807, 2.05) is 38.1 Å². The zero-order valence-electron chi connectivity index (χ0n) is 21.9. The Balaban J connectivity index is 0.00000380. The number of amides is 1. The Morgan fingerprint density at radius 2 is 1.76 bits per heavy atom. The summed E-state index contributed by atoms with van der Waals surface area (Å²) in [5.41, 5.74) is 2.22. The predicted molar refractivity (Wildman–Crippen MR) is 152 cm³/mol. The maximum Gasteiger partial charge on any atom is 0.260 e. The number of thiazole rings is 1. The fourth-order valence-electron chi connectivity index (χ4n) is 4.26. The van der Waals surface area contributed by atoms with Crippen LogP contribution in [0.5, 0.6) is 5.75 Å². The SMILES string of the molecule is COc1ccc(C)c2sc(N(CCN(C)C)C(=O)c3ccc(S(=O)(=O)N4CCC(C)CC4)cc3)nc12.Cl. The third-order valence-corrected chi connectivity index (χ3v) is 9.77. The minimum absolute atomic E-state index is 0. The Morgan fingerprint density at radius 1 is 1.11 bits per heavy atom. The molecule has 202 valence electrons. The smallest absolute Gasteiger partial charge is 0.260 e. The number of rotatable bonds is 8. The van der Waals surface area contributed by atoms with Crippen LogP contribution in [0, 0.1) is 12.8 Å². The topological polar surface area (TPSA) is 83.0 Å². The van der Waals surface area contributed by atoms with Crippen molar-refractivity contribution in [2.75, 3.05) is 52.3 Å². The molecule has 37 heavy (non-hydrogen) atoms. The van der Waals surface area contributed by atoms with Crippen LogP contribution in [0.4, 0.5) is 5.13 Å². The lowest BCUT2D eigenvalue weighted by Crippen LogP contribution is -2.38. The molecule has 4 rings (SSSR count). The van der Waals surface area contributed by atoms with Gasteiger partial charge in [0.1, 0.15) is 11.3 Å². The van der Waals surface area contributed by atoms with Gasteiger partial charge in [-0.1, -0.05) is 24.3 Å². The highest BCUT2D eigenvalue weighted by molar-refractivity contribution is 7.89. The number of likely N-dealkylation sites (N-methyl/N-ethyl adjacent to an activating group) is 1. The number of hydrogen-bond donors (Lipinski definition) is 0. The lowest BCUT2D eigenvalue weighted by molar-refractivity contribution is 0.0985. The average molecular weight is 567 g/mol. The first-order valence-corrected chi connectivity index (χ1v) is 14.4. The van der Waals surface area contributed by atoms with Gasteiger partial charge >= 0.3 is 0 Å². The highest BCUT2D eigenvalue weighted by Gasteiger charge is 2.29. The van der Waals surface area contributed by atoms with E-state index >= 15 is 0 Å². The van der Waals surface area contributed by atoms with Gasteiger partial charge in [-0.25, -0.2) is 13.4 Å². The zero-order chi connectivity index (χ0) is 26.0. The molecule has 1 aliphatic heterocycles. The molecule has 2 aromatic carbocycles. The van der Waals surface area contributed by atoms with Crippen LogP contribution in [0.1, 0.15) is 35.7 Å². The van der Waals surface area contributed by atoms with Gasteiger partial charge in [0.2, 0.25) is 10.0 Å². The number of carbonyl (C=O) groups excluding carboxylic acids is 1. The molecule has 2 heterocycles. The van der Waals surface area contributed by atoms with Crippen LogP contribution in [0.3, 0.4) is 0 Å². The molecule has 0 atom stereocenters. The lowest BCUT2D eigenvalue weighted by atomic mass is 10.0. The highest BCUT2D eigenvalue weighted by atomic mass is 35.5. The summed E-state index contributed by atoms with van der Waals surface area (Å²) in [5, 5.41) is 0.587. The molecule has 1 amide bonds. The number of benzene rings is 2. The first-order valence-electron chi connectivity index (χ1n) is 12.1. The molecule has 0 radical (unpaired) electrons. The molecule has 3 aromatic rings. The quantitative estimate of drug-likeness (QED) is 0.394. The highest BCUT2D eigenvalue weighted by Crippen LogP contribution is 2.37. The number of anilines is 1. The van der Waals surface area contributed by atoms with Gasteiger partial charge in [0.15, 0.2) is 5.13 Å². The maximum absolute atomic E-state index is 13.7. The minimum atomic E-state index is -3.57. The number of fused-ring (bicyclic) bond motifs is 1. The van der Waals surface area contributed by atoms with Crippen LogP contribution in [0.15, 0.2) is 41.3 Å². The lowest BCUT2D eigenvalue weighted by Gasteiger charge is -2.29. The van der Waals surface area contributed by atoms with Gasteiger partial charge in [-0.3, -0.25) is 9.69 Å². The molecule has 0 aliphatic carbocycles. The molecule has 1 fully saturated rings. The summed E-state index contributed by atoms with van der Waals surface area (Å²) < 4.78 is 34.2. The average Bonchev–Trinajstić information content (AvgIpc) is 3.30. The van der Waals surface area contributed by atoms with Crippen molar-refractivity contribution in [3.8, 4) is 5.75 Å². The van der Waals surface area contributed by atoms with Crippen LogP contribution in [-0.4, -0.2) is 75.9 Å². The molecule has 11 heteroatoms. The largest absolute Gasteiger partial charge is 0.494 e. The molecule has 1 aromatic heterocycles. The summed E-state index contributed by atoms with van der Waals surface area (Å²) in [7, 11) is 1.94. The second-order valence-electron chi connectivity index (χ2n) is 9.63. The van der Waals surface area contributed by atoms with Crippen molar-refractivity contribution >= 4 is 55.0 Å². The van der Waals surface area contributed by atoms with Crippen LogP contribution in [0.25, 0.3) is 10.2 Å². The van der Waals surface area contributed by atoms with Gasteiger partial charge in [0.05, 0.1) is 16.7 Å². The summed E-state index contributed by atoms with van der Waals surface area (Å²) in [6.45, 7) is 6.32. The minimum Gasteiger partial charge on any atom is -0.494 e. The summed E-state index contributed by atoms with van der Waals surface area (Å²) in [6.07, 6.45) is 1.73. The van der Waals surface area contributed by atoms with Crippen LogP contribution in [-0.2, 0) is 10.0 Å². The molecule has 0 N–H and O–H groups in total. The molecule has 8 nitrogen and oxygen atoms in total. The van der Waals surface area contributed by atoms with E-state index in [2.05, 4.69) is 6.92 Å². The third-order valence-electron chi connectivity index (χ3n) is 6.64. The number of sulfonamides is 1. The fourth-order valence-corrected chi connectivity index (χ4v) is 6.81. The van der Waals surface area contributed by atoms with Crippen LogP contribution >= 0.6 is 23.7 Å².